The van der Waals surface area contributed by atoms with Gasteiger partial charge in [-0.1, -0.05) is 12.1 Å². The Bertz CT molecular complexity index is 831. The standard InChI is InChI=1S/C17H17FN2OS2/c1-10-14(12-4-6-13(18)7-5-12)15-16(22-9-8-21-3)19-11(2)20-17(15)23-10/h4-7H,8-9H2,1-3H3. The van der Waals surface area contributed by atoms with Gasteiger partial charge in [-0.3, -0.25) is 0 Å². The zero-order valence-corrected chi connectivity index (χ0v) is 14.9. The van der Waals surface area contributed by atoms with Crippen LogP contribution in [0.4, 0.5) is 4.39 Å². The van der Waals surface area contributed by atoms with Crippen molar-refractivity contribution < 1.29 is 9.13 Å². The number of methoxy groups -OCH3 is 1. The fraction of sp³-hybridized carbons (Fsp3) is 0.294. The lowest BCUT2D eigenvalue weighted by Crippen LogP contribution is -1.96. The Morgan fingerprint density at radius 1 is 1.17 bits per heavy atom. The first-order valence-electron chi connectivity index (χ1n) is 7.25. The summed E-state index contributed by atoms with van der Waals surface area (Å²) in [5.74, 6) is 1.37. The number of thioether (sulfide) groups is 1. The van der Waals surface area contributed by atoms with Crippen LogP contribution in [0, 0.1) is 19.7 Å². The molecule has 0 aliphatic carbocycles. The highest BCUT2D eigenvalue weighted by Gasteiger charge is 2.18. The van der Waals surface area contributed by atoms with Gasteiger partial charge in [0.05, 0.1) is 12.0 Å². The minimum Gasteiger partial charge on any atom is -0.384 e. The largest absolute Gasteiger partial charge is 0.384 e. The molecule has 0 saturated carbocycles. The van der Waals surface area contributed by atoms with E-state index in [2.05, 4.69) is 16.9 Å². The topological polar surface area (TPSA) is 35.0 Å². The average molecular weight is 348 g/mol. The summed E-state index contributed by atoms with van der Waals surface area (Å²) in [5, 5.41) is 2.03. The van der Waals surface area contributed by atoms with Crippen LogP contribution in [0.3, 0.4) is 0 Å². The van der Waals surface area contributed by atoms with Crippen LogP contribution in [0.1, 0.15) is 10.7 Å². The molecule has 0 aliphatic rings. The van der Waals surface area contributed by atoms with Crippen LogP contribution in [0.2, 0.25) is 0 Å². The number of thiophene rings is 1. The van der Waals surface area contributed by atoms with Crippen molar-refractivity contribution >= 4 is 33.3 Å². The number of ether oxygens (including phenoxy) is 1. The first-order valence-corrected chi connectivity index (χ1v) is 9.05. The summed E-state index contributed by atoms with van der Waals surface area (Å²) >= 11 is 3.33. The fourth-order valence-electron chi connectivity index (χ4n) is 2.47. The highest BCUT2D eigenvalue weighted by atomic mass is 32.2. The van der Waals surface area contributed by atoms with Gasteiger partial charge in [-0.05, 0) is 31.5 Å². The molecule has 1 aromatic carbocycles. The third-order valence-electron chi connectivity index (χ3n) is 3.47. The minimum absolute atomic E-state index is 0.229. The zero-order chi connectivity index (χ0) is 16.4. The predicted octanol–water partition coefficient (Wildman–Crippen LogP) is 4.85. The van der Waals surface area contributed by atoms with E-state index in [1.165, 1.54) is 17.0 Å². The second kappa shape index (κ2) is 6.95. The molecule has 0 N–H and O–H groups in total. The zero-order valence-electron chi connectivity index (χ0n) is 13.2. The molecule has 0 atom stereocenters. The van der Waals surface area contributed by atoms with Crippen molar-refractivity contribution in [3.8, 4) is 11.1 Å². The first-order chi connectivity index (χ1) is 11.1. The fourth-order valence-corrected chi connectivity index (χ4v) is 4.61. The Hall–Kier alpha value is -1.50. The molecule has 2 heterocycles. The molecular formula is C17H17FN2OS2. The Morgan fingerprint density at radius 2 is 1.91 bits per heavy atom. The Kier molecular flexibility index (Phi) is 4.94. The Morgan fingerprint density at radius 3 is 2.61 bits per heavy atom. The molecule has 0 radical (unpaired) electrons. The van der Waals surface area contributed by atoms with Gasteiger partial charge in [0.15, 0.2) is 0 Å². The predicted molar refractivity (Wildman–Crippen MR) is 94.9 cm³/mol. The lowest BCUT2D eigenvalue weighted by Gasteiger charge is -2.07. The first kappa shape index (κ1) is 16.4. The Labute approximate surface area is 142 Å². The maximum absolute atomic E-state index is 13.2. The van der Waals surface area contributed by atoms with Crippen LogP contribution in [0.15, 0.2) is 29.3 Å². The van der Waals surface area contributed by atoms with Gasteiger partial charge in [-0.15, -0.1) is 23.1 Å². The smallest absolute Gasteiger partial charge is 0.129 e. The molecule has 0 saturated heterocycles. The van der Waals surface area contributed by atoms with Crippen molar-refractivity contribution in [1.29, 1.82) is 0 Å². The van der Waals surface area contributed by atoms with E-state index in [1.54, 1.807) is 30.2 Å². The molecule has 0 bridgehead atoms. The lowest BCUT2D eigenvalue weighted by molar-refractivity contribution is 0.218. The molecular weight excluding hydrogens is 331 g/mol. The third-order valence-corrected chi connectivity index (χ3v) is 5.40. The summed E-state index contributed by atoms with van der Waals surface area (Å²) in [5.41, 5.74) is 2.10. The van der Waals surface area contributed by atoms with E-state index in [4.69, 9.17) is 4.74 Å². The highest BCUT2D eigenvalue weighted by molar-refractivity contribution is 7.99. The molecule has 3 aromatic rings. The summed E-state index contributed by atoms with van der Waals surface area (Å²) in [6.45, 7) is 4.65. The van der Waals surface area contributed by atoms with E-state index in [0.717, 1.165) is 37.9 Å². The molecule has 120 valence electrons. The SMILES string of the molecule is COCCSc1nc(C)nc2sc(C)c(-c3ccc(F)cc3)c12. The van der Waals surface area contributed by atoms with E-state index in [-0.39, 0.29) is 5.82 Å². The van der Waals surface area contributed by atoms with Gasteiger partial charge in [-0.2, -0.15) is 0 Å². The molecule has 0 aliphatic heterocycles. The van der Waals surface area contributed by atoms with Gasteiger partial charge < -0.3 is 4.74 Å². The van der Waals surface area contributed by atoms with E-state index in [0.29, 0.717) is 6.61 Å². The number of hydrogen-bond acceptors (Lipinski definition) is 5. The number of nitrogens with zero attached hydrogens (tertiary/aromatic N) is 2. The molecule has 0 amide bonds. The van der Waals surface area contributed by atoms with Gasteiger partial charge in [0.25, 0.3) is 0 Å². The number of aromatic nitrogens is 2. The number of benzene rings is 1. The van der Waals surface area contributed by atoms with Crippen molar-refractivity contribution in [2.24, 2.45) is 0 Å². The number of halogens is 1. The molecule has 3 nitrogen and oxygen atoms in total. The second-order valence-electron chi connectivity index (χ2n) is 5.14. The number of rotatable bonds is 5. The third kappa shape index (κ3) is 3.39. The second-order valence-corrected chi connectivity index (χ2v) is 7.42. The molecule has 3 rings (SSSR count). The monoisotopic (exact) mass is 348 g/mol. The number of hydrogen-bond donors (Lipinski definition) is 0. The summed E-state index contributed by atoms with van der Waals surface area (Å²) in [6.07, 6.45) is 0. The summed E-state index contributed by atoms with van der Waals surface area (Å²) in [6, 6.07) is 6.61. The van der Waals surface area contributed by atoms with Crippen LogP contribution in [0.5, 0.6) is 0 Å². The van der Waals surface area contributed by atoms with Crippen molar-refractivity contribution in [2.45, 2.75) is 18.9 Å². The van der Waals surface area contributed by atoms with Crippen LogP contribution < -0.4 is 0 Å². The average Bonchev–Trinajstić information content (AvgIpc) is 2.84. The minimum atomic E-state index is -0.229. The van der Waals surface area contributed by atoms with E-state index < -0.39 is 0 Å². The van der Waals surface area contributed by atoms with Crippen LogP contribution in [-0.4, -0.2) is 29.4 Å². The van der Waals surface area contributed by atoms with Gasteiger partial charge in [0.1, 0.15) is 21.5 Å². The van der Waals surface area contributed by atoms with E-state index in [9.17, 15) is 4.39 Å². The quantitative estimate of drug-likeness (QED) is 0.375. The lowest BCUT2D eigenvalue weighted by atomic mass is 10.0. The van der Waals surface area contributed by atoms with Crippen LogP contribution in [-0.2, 0) is 4.74 Å². The molecule has 0 spiro atoms. The van der Waals surface area contributed by atoms with Gasteiger partial charge in [0, 0.05) is 23.3 Å². The van der Waals surface area contributed by atoms with Crippen LogP contribution in [0.25, 0.3) is 21.3 Å². The number of fused-ring (bicyclic) bond motifs is 1. The maximum atomic E-state index is 13.2. The van der Waals surface area contributed by atoms with Gasteiger partial charge in [-0.25, -0.2) is 14.4 Å². The highest BCUT2D eigenvalue weighted by Crippen LogP contribution is 2.41. The van der Waals surface area contributed by atoms with Gasteiger partial charge >= 0.3 is 0 Å². The molecule has 2 aromatic heterocycles. The molecule has 23 heavy (non-hydrogen) atoms. The summed E-state index contributed by atoms with van der Waals surface area (Å²) < 4.78 is 18.4. The van der Waals surface area contributed by atoms with E-state index in [1.807, 2.05) is 19.1 Å². The number of aryl methyl sites for hydroxylation is 2. The van der Waals surface area contributed by atoms with Crippen molar-refractivity contribution in [3.63, 3.8) is 0 Å². The molecule has 0 fully saturated rings. The molecule has 6 heteroatoms. The van der Waals surface area contributed by atoms with Gasteiger partial charge in [0.2, 0.25) is 0 Å². The van der Waals surface area contributed by atoms with Crippen molar-refractivity contribution in [1.82, 2.24) is 9.97 Å². The van der Waals surface area contributed by atoms with Crippen molar-refractivity contribution in [3.05, 3.63) is 40.8 Å². The molecule has 0 unspecified atom stereocenters. The normalized spacial score (nSPS) is 11.3. The Balaban J connectivity index is 2.16. The summed E-state index contributed by atoms with van der Waals surface area (Å²) in [7, 11) is 1.69. The van der Waals surface area contributed by atoms with Crippen LogP contribution >= 0.6 is 23.1 Å². The maximum Gasteiger partial charge on any atom is 0.129 e. The van der Waals surface area contributed by atoms with E-state index >= 15 is 0 Å². The van der Waals surface area contributed by atoms with Crippen molar-refractivity contribution in [2.75, 3.05) is 19.5 Å². The summed E-state index contributed by atoms with van der Waals surface area (Å²) in [4.78, 5) is 11.3.